The highest BCUT2D eigenvalue weighted by Gasteiger charge is 2.50. The van der Waals surface area contributed by atoms with Crippen LogP contribution in [0.15, 0.2) is 66.1 Å². The lowest BCUT2D eigenvalue weighted by Crippen LogP contribution is -2.64. The molecule has 3 rings (SSSR count). The third-order valence-electron chi connectivity index (χ3n) is 6.83. The number of nitrogens with one attached hydrogen (secondary N) is 2. The number of hydrogen-bond donors (Lipinski definition) is 2. The molecule has 0 unspecified atom stereocenters. The van der Waals surface area contributed by atoms with Crippen molar-refractivity contribution in [1.29, 1.82) is 0 Å². The van der Waals surface area contributed by atoms with E-state index in [0.717, 1.165) is 5.56 Å². The fourth-order valence-electron chi connectivity index (χ4n) is 5.23. The van der Waals surface area contributed by atoms with Crippen molar-refractivity contribution in [3.8, 4) is 0 Å². The second-order valence-corrected chi connectivity index (χ2v) is 12.8. The minimum atomic E-state index is -3.81. The average molecular weight is 512 g/mol. The third kappa shape index (κ3) is 6.05. The van der Waals surface area contributed by atoms with Gasteiger partial charge in [-0.2, -0.15) is 4.31 Å². The summed E-state index contributed by atoms with van der Waals surface area (Å²) in [4.78, 5) is 24.9. The Kier molecular flexibility index (Phi) is 8.10. The number of piperidine rings is 1. The minimum absolute atomic E-state index is 0.154. The molecule has 1 heterocycles. The highest BCUT2D eigenvalue weighted by Crippen LogP contribution is 2.42. The first kappa shape index (κ1) is 27.6. The first-order valence-electron chi connectivity index (χ1n) is 12.1. The summed E-state index contributed by atoms with van der Waals surface area (Å²) in [5, 5.41) is 5.91. The molecule has 0 atom stereocenters. The van der Waals surface area contributed by atoms with Gasteiger partial charge in [-0.1, -0.05) is 64.6 Å². The largest absolute Gasteiger partial charge is 0.352 e. The molecule has 0 saturated carbocycles. The number of aryl methyl sites for hydroxylation is 1. The van der Waals surface area contributed by atoms with Gasteiger partial charge >= 0.3 is 0 Å². The highest BCUT2D eigenvalue weighted by atomic mass is 32.2. The van der Waals surface area contributed by atoms with E-state index in [1.54, 1.807) is 19.1 Å². The van der Waals surface area contributed by atoms with Gasteiger partial charge in [0, 0.05) is 31.2 Å². The maximum absolute atomic E-state index is 13.6. The number of amides is 2. The van der Waals surface area contributed by atoms with Crippen molar-refractivity contribution in [3.63, 3.8) is 0 Å². The van der Waals surface area contributed by atoms with Crippen molar-refractivity contribution in [2.24, 2.45) is 10.8 Å². The fraction of sp³-hybridized carbons (Fsp3) is 0.429. The zero-order valence-corrected chi connectivity index (χ0v) is 22.6. The molecule has 36 heavy (non-hydrogen) atoms. The Morgan fingerprint density at radius 1 is 1.06 bits per heavy atom. The lowest BCUT2D eigenvalue weighted by atomic mass is 9.67. The first-order chi connectivity index (χ1) is 16.8. The van der Waals surface area contributed by atoms with Crippen LogP contribution in [0.5, 0.6) is 0 Å². The van der Waals surface area contributed by atoms with Gasteiger partial charge in [-0.25, -0.2) is 8.42 Å². The van der Waals surface area contributed by atoms with Crippen molar-refractivity contribution in [2.75, 3.05) is 19.6 Å². The molecule has 1 aliphatic rings. The van der Waals surface area contributed by atoms with E-state index in [2.05, 4.69) is 17.2 Å². The summed E-state index contributed by atoms with van der Waals surface area (Å²) in [5.74, 6) is -0.501. The molecule has 0 spiro atoms. The zero-order chi connectivity index (χ0) is 26.7. The molecule has 194 valence electrons. The monoisotopic (exact) mass is 511 g/mol. The first-order valence-corrected chi connectivity index (χ1v) is 13.6. The summed E-state index contributed by atoms with van der Waals surface area (Å²) in [7, 11) is -3.81. The molecule has 2 aromatic rings. The number of sulfonamides is 1. The Hall–Kier alpha value is -2.97. The molecule has 7 nitrogen and oxygen atoms in total. The smallest absolute Gasteiger partial charge is 0.251 e. The van der Waals surface area contributed by atoms with Gasteiger partial charge in [0.15, 0.2) is 0 Å². The van der Waals surface area contributed by atoms with E-state index >= 15 is 0 Å². The van der Waals surface area contributed by atoms with Crippen LogP contribution in [0.25, 0.3) is 0 Å². The second-order valence-electron chi connectivity index (χ2n) is 10.9. The van der Waals surface area contributed by atoms with Crippen LogP contribution in [-0.2, 0) is 21.2 Å². The van der Waals surface area contributed by atoms with Crippen LogP contribution in [0.4, 0.5) is 0 Å². The summed E-state index contributed by atoms with van der Waals surface area (Å²) in [6.45, 7) is 14.1. The van der Waals surface area contributed by atoms with Gasteiger partial charge in [0.1, 0.15) is 0 Å². The summed E-state index contributed by atoms with van der Waals surface area (Å²) in [6.07, 6.45) is 1.95. The number of carbonyl (C=O) groups excluding carboxylic acids is 2. The van der Waals surface area contributed by atoms with Gasteiger partial charge in [-0.3, -0.25) is 9.59 Å². The lowest BCUT2D eigenvalue weighted by Gasteiger charge is -2.52. The van der Waals surface area contributed by atoms with Gasteiger partial charge in [0.2, 0.25) is 15.9 Å². The van der Waals surface area contributed by atoms with Crippen LogP contribution in [-0.4, -0.2) is 50.2 Å². The Bertz CT molecular complexity index is 1220. The maximum Gasteiger partial charge on any atom is 0.251 e. The molecule has 2 N–H and O–H groups in total. The molecule has 1 aliphatic heterocycles. The van der Waals surface area contributed by atoms with Crippen LogP contribution in [0, 0.1) is 17.8 Å². The number of nitrogens with zero attached hydrogens (tertiary/aromatic N) is 1. The summed E-state index contributed by atoms with van der Waals surface area (Å²) in [5.41, 5.74) is 1.16. The molecule has 1 saturated heterocycles. The van der Waals surface area contributed by atoms with Gasteiger partial charge in [-0.05, 0) is 59.6 Å². The van der Waals surface area contributed by atoms with E-state index in [9.17, 15) is 18.0 Å². The number of rotatable bonds is 8. The van der Waals surface area contributed by atoms with Crippen molar-refractivity contribution in [2.45, 2.75) is 52.0 Å². The molecule has 0 aliphatic carbocycles. The third-order valence-corrected chi connectivity index (χ3v) is 8.61. The van der Waals surface area contributed by atoms with E-state index in [0.29, 0.717) is 24.1 Å². The Balaban J connectivity index is 1.75. The molecular formula is C28H37N3O4S. The quantitative estimate of drug-likeness (QED) is 0.529. The SMILES string of the molecule is C=CC(=O)NC1C(C)(C)CN(S(=O)(=O)c2ccc(C(=O)NCCc3ccccc3)c(C)c2)CC1(C)C. The topological polar surface area (TPSA) is 95.6 Å². The van der Waals surface area contributed by atoms with E-state index in [4.69, 9.17) is 0 Å². The predicted molar refractivity (Wildman–Crippen MR) is 142 cm³/mol. The molecule has 0 radical (unpaired) electrons. The number of hydrogen-bond acceptors (Lipinski definition) is 4. The normalized spacial score (nSPS) is 17.8. The van der Waals surface area contributed by atoms with Crippen LogP contribution < -0.4 is 10.6 Å². The van der Waals surface area contributed by atoms with E-state index in [1.165, 1.54) is 16.4 Å². The van der Waals surface area contributed by atoms with Gasteiger partial charge in [-0.15, -0.1) is 0 Å². The van der Waals surface area contributed by atoms with E-state index < -0.39 is 20.9 Å². The standard InChI is InChI=1S/C28H37N3O4S/c1-7-24(32)30-26-27(3,4)18-31(19-28(26,5)6)36(34,35)22-13-14-23(20(2)17-22)25(33)29-16-15-21-11-9-8-10-12-21/h7-14,17,26H,1,15-16,18-19H2,2-6H3,(H,29,33)(H,30,32). The zero-order valence-electron chi connectivity index (χ0n) is 21.8. The van der Waals surface area contributed by atoms with Gasteiger partial charge in [0.05, 0.1) is 4.90 Å². The Morgan fingerprint density at radius 3 is 2.22 bits per heavy atom. The summed E-state index contributed by atoms with van der Waals surface area (Å²) < 4.78 is 28.7. The summed E-state index contributed by atoms with van der Waals surface area (Å²) >= 11 is 0. The van der Waals surface area contributed by atoms with Crippen molar-refractivity contribution in [1.82, 2.24) is 14.9 Å². The maximum atomic E-state index is 13.6. The molecule has 1 fully saturated rings. The molecule has 0 bridgehead atoms. The molecular weight excluding hydrogens is 474 g/mol. The molecule has 0 aromatic heterocycles. The molecule has 2 aromatic carbocycles. The Morgan fingerprint density at radius 2 is 1.67 bits per heavy atom. The van der Waals surface area contributed by atoms with Gasteiger partial charge < -0.3 is 10.6 Å². The van der Waals surface area contributed by atoms with Crippen LogP contribution in [0.1, 0.15) is 49.2 Å². The van der Waals surface area contributed by atoms with Gasteiger partial charge in [0.25, 0.3) is 5.91 Å². The second kappa shape index (κ2) is 10.6. The molecule has 8 heteroatoms. The van der Waals surface area contributed by atoms with Crippen molar-refractivity contribution < 1.29 is 18.0 Å². The highest BCUT2D eigenvalue weighted by molar-refractivity contribution is 7.89. The predicted octanol–water partition coefficient (Wildman–Crippen LogP) is 3.70. The minimum Gasteiger partial charge on any atom is -0.352 e. The van der Waals surface area contributed by atoms with Crippen LogP contribution in [0.3, 0.4) is 0 Å². The van der Waals surface area contributed by atoms with Crippen molar-refractivity contribution >= 4 is 21.8 Å². The Labute approximate surface area is 215 Å². The number of carbonyl (C=O) groups is 2. The molecule has 2 amide bonds. The van der Waals surface area contributed by atoms with Crippen LogP contribution in [0.2, 0.25) is 0 Å². The average Bonchev–Trinajstić information content (AvgIpc) is 2.81. The van der Waals surface area contributed by atoms with E-state index in [-0.39, 0.29) is 35.8 Å². The number of benzene rings is 2. The van der Waals surface area contributed by atoms with Crippen molar-refractivity contribution in [3.05, 3.63) is 77.9 Å². The fourth-order valence-corrected chi connectivity index (χ4v) is 7.10. The van der Waals surface area contributed by atoms with Crippen LogP contribution >= 0.6 is 0 Å². The lowest BCUT2D eigenvalue weighted by molar-refractivity contribution is -0.120. The summed E-state index contributed by atoms with van der Waals surface area (Å²) in [6, 6.07) is 14.3. The van der Waals surface area contributed by atoms with E-state index in [1.807, 2.05) is 58.0 Å².